The second kappa shape index (κ2) is 6.61. The molecule has 2 heterocycles. The van der Waals surface area contributed by atoms with Crippen LogP contribution in [0.15, 0.2) is 0 Å². The molecule has 0 aromatic rings. The summed E-state index contributed by atoms with van der Waals surface area (Å²) in [6, 6.07) is 1.69. The van der Waals surface area contributed by atoms with Crippen molar-refractivity contribution in [1.29, 1.82) is 0 Å². The highest BCUT2D eigenvalue weighted by Gasteiger charge is 2.26. The summed E-state index contributed by atoms with van der Waals surface area (Å²) in [5.41, 5.74) is 0. The Balaban J connectivity index is 1.96. The van der Waals surface area contributed by atoms with Gasteiger partial charge in [-0.3, -0.25) is 4.90 Å². The molecule has 0 aliphatic carbocycles. The zero-order valence-electron chi connectivity index (χ0n) is 10.9. The fourth-order valence-electron chi connectivity index (χ4n) is 3.40. The van der Waals surface area contributed by atoms with Crippen LogP contribution in [-0.2, 0) is 0 Å². The van der Waals surface area contributed by atoms with Gasteiger partial charge in [0, 0.05) is 18.6 Å². The molecule has 2 aliphatic heterocycles. The van der Waals surface area contributed by atoms with Gasteiger partial charge in [0.15, 0.2) is 0 Å². The monoisotopic (exact) mass is 224 g/mol. The minimum atomic E-state index is 0.825. The van der Waals surface area contributed by atoms with E-state index in [2.05, 4.69) is 17.1 Å². The maximum atomic E-state index is 3.62. The molecule has 0 aromatic heterocycles. The van der Waals surface area contributed by atoms with Crippen molar-refractivity contribution in [3.05, 3.63) is 0 Å². The van der Waals surface area contributed by atoms with Crippen LogP contribution in [0.3, 0.4) is 0 Å². The van der Waals surface area contributed by atoms with Gasteiger partial charge in [-0.2, -0.15) is 0 Å². The Morgan fingerprint density at radius 1 is 1.06 bits per heavy atom. The third-order valence-corrected chi connectivity index (χ3v) is 4.38. The molecule has 2 rings (SSSR count). The highest BCUT2D eigenvalue weighted by molar-refractivity contribution is 4.83. The number of rotatable bonds is 2. The van der Waals surface area contributed by atoms with Crippen molar-refractivity contribution in [3.8, 4) is 0 Å². The molecule has 0 bridgehead atoms. The predicted molar refractivity (Wildman–Crippen MR) is 69.8 cm³/mol. The fraction of sp³-hybridized carbons (Fsp3) is 1.00. The summed E-state index contributed by atoms with van der Waals surface area (Å²) >= 11 is 0. The minimum Gasteiger partial charge on any atom is -0.315 e. The maximum Gasteiger partial charge on any atom is 0.0223 e. The molecule has 2 nitrogen and oxygen atoms in total. The van der Waals surface area contributed by atoms with Crippen molar-refractivity contribution in [3.63, 3.8) is 0 Å². The van der Waals surface area contributed by atoms with Crippen molar-refractivity contribution >= 4 is 0 Å². The Bertz CT molecular complexity index is 185. The van der Waals surface area contributed by atoms with Crippen molar-refractivity contribution in [2.24, 2.45) is 0 Å². The molecule has 2 fully saturated rings. The molecule has 94 valence electrons. The molecule has 0 spiro atoms. The smallest absolute Gasteiger partial charge is 0.0223 e. The van der Waals surface area contributed by atoms with Gasteiger partial charge in [0.2, 0.25) is 0 Å². The van der Waals surface area contributed by atoms with Crippen LogP contribution < -0.4 is 5.32 Å². The quantitative estimate of drug-likeness (QED) is 0.776. The maximum absolute atomic E-state index is 3.62. The lowest BCUT2D eigenvalue weighted by molar-refractivity contribution is 0.126. The van der Waals surface area contributed by atoms with Crippen LogP contribution in [0.2, 0.25) is 0 Å². The van der Waals surface area contributed by atoms with Crippen molar-refractivity contribution < 1.29 is 0 Å². The largest absolute Gasteiger partial charge is 0.315 e. The van der Waals surface area contributed by atoms with Crippen LogP contribution in [0.1, 0.15) is 58.3 Å². The average molecular weight is 224 g/mol. The molecule has 1 N–H and O–H groups in total. The number of likely N-dealkylation sites (tertiary alicyclic amines) is 1. The van der Waals surface area contributed by atoms with Gasteiger partial charge in [-0.25, -0.2) is 0 Å². The Morgan fingerprint density at radius 3 is 2.81 bits per heavy atom. The molecule has 0 aromatic carbocycles. The number of nitrogens with one attached hydrogen (secondary N) is 1. The highest BCUT2D eigenvalue weighted by atomic mass is 15.2. The van der Waals surface area contributed by atoms with Crippen molar-refractivity contribution in [2.45, 2.75) is 70.4 Å². The van der Waals surface area contributed by atoms with E-state index in [4.69, 9.17) is 0 Å². The summed E-state index contributed by atoms with van der Waals surface area (Å²) in [5, 5.41) is 3.62. The second-order valence-corrected chi connectivity index (χ2v) is 5.50. The van der Waals surface area contributed by atoms with E-state index in [1.807, 2.05) is 0 Å². The first-order valence-corrected chi connectivity index (χ1v) is 7.38. The van der Waals surface area contributed by atoms with Gasteiger partial charge in [0.25, 0.3) is 0 Å². The molecule has 2 aliphatic rings. The average Bonchev–Trinajstić information content (AvgIpc) is 2.70. The van der Waals surface area contributed by atoms with E-state index in [0.29, 0.717) is 0 Å². The van der Waals surface area contributed by atoms with E-state index in [0.717, 1.165) is 12.1 Å². The SMILES string of the molecule is CCC1CCCCCN1C1CCCCNC1. The van der Waals surface area contributed by atoms with Crippen LogP contribution >= 0.6 is 0 Å². The standard InChI is InChI=1S/C14H28N2/c1-2-13-8-4-3-7-11-16(13)14-9-5-6-10-15-12-14/h13-15H,2-12H2,1H3. The lowest BCUT2D eigenvalue weighted by Gasteiger charge is -2.36. The summed E-state index contributed by atoms with van der Waals surface area (Å²) in [7, 11) is 0. The Hall–Kier alpha value is -0.0800. The second-order valence-electron chi connectivity index (χ2n) is 5.50. The third kappa shape index (κ3) is 3.21. The van der Waals surface area contributed by atoms with Gasteiger partial charge in [-0.15, -0.1) is 0 Å². The summed E-state index contributed by atoms with van der Waals surface area (Å²) < 4.78 is 0. The van der Waals surface area contributed by atoms with Crippen molar-refractivity contribution in [2.75, 3.05) is 19.6 Å². The predicted octanol–water partition coefficient (Wildman–Crippen LogP) is 2.78. The van der Waals surface area contributed by atoms with Crippen LogP contribution in [0.4, 0.5) is 0 Å². The first-order valence-electron chi connectivity index (χ1n) is 7.38. The lowest BCUT2D eigenvalue weighted by Crippen LogP contribution is -2.46. The Kier molecular flexibility index (Phi) is 5.11. The molecule has 16 heavy (non-hydrogen) atoms. The van der Waals surface area contributed by atoms with E-state index >= 15 is 0 Å². The summed E-state index contributed by atoms with van der Waals surface area (Å²) in [6.07, 6.45) is 11.3. The molecular formula is C14H28N2. The van der Waals surface area contributed by atoms with Gasteiger partial charge in [-0.1, -0.05) is 26.2 Å². The molecule has 0 amide bonds. The van der Waals surface area contributed by atoms with E-state index in [-0.39, 0.29) is 0 Å². The van der Waals surface area contributed by atoms with Crippen molar-refractivity contribution in [1.82, 2.24) is 10.2 Å². The number of hydrogen-bond acceptors (Lipinski definition) is 2. The topological polar surface area (TPSA) is 15.3 Å². The molecule has 2 saturated heterocycles. The van der Waals surface area contributed by atoms with E-state index in [9.17, 15) is 0 Å². The molecule has 2 atom stereocenters. The van der Waals surface area contributed by atoms with Crippen LogP contribution in [0.5, 0.6) is 0 Å². The van der Waals surface area contributed by atoms with Gasteiger partial charge in [-0.05, 0) is 45.2 Å². The fourth-order valence-corrected chi connectivity index (χ4v) is 3.40. The van der Waals surface area contributed by atoms with Crippen LogP contribution in [-0.4, -0.2) is 36.6 Å². The van der Waals surface area contributed by atoms with Gasteiger partial charge in [0.05, 0.1) is 0 Å². The lowest BCUT2D eigenvalue weighted by atomic mass is 10.0. The molecular weight excluding hydrogens is 196 g/mol. The minimum absolute atomic E-state index is 0.825. The Labute approximate surface area is 101 Å². The summed E-state index contributed by atoms with van der Waals surface area (Å²) in [4.78, 5) is 2.84. The third-order valence-electron chi connectivity index (χ3n) is 4.38. The first kappa shape index (κ1) is 12.4. The highest BCUT2D eigenvalue weighted by Crippen LogP contribution is 2.24. The summed E-state index contributed by atoms with van der Waals surface area (Å²) in [5.74, 6) is 0. The Morgan fingerprint density at radius 2 is 1.94 bits per heavy atom. The van der Waals surface area contributed by atoms with Crippen LogP contribution in [0, 0.1) is 0 Å². The summed E-state index contributed by atoms with van der Waals surface area (Å²) in [6.45, 7) is 6.19. The zero-order chi connectivity index (χ0) is 11.2. The van der Waals surface area contributed by atoms with E-state index < -0.39 is 0 Å². The van der Waals surface area contributed by atoms with Gasteiger partial charge < -0.3 is 5.32 Å². The number of nitrogens with zero attached hydrogens (tertiary/aromatic N) is 1. The molecule has 2 unspecified atom stereocenters. The molecule has 0 radical (unpaired) electrons. The molecule has 2 heteroatoms. The van der Waals surface area contributed by atoms with Gasteiger partial charge >= 0.3 is 0 Å². The van der Waals surface area contributed by atoms with Crippen LogP contribution in [0.25, 0.3) is 0 Å². The van der Waals surface area contributed by atoms with E-state index in [1.165, 1.54) is 71.0 Å². The normalized spacial score (nSPS) is 34.3. The zero-order valence-corrected chi connectivity index (χ0v) is 10.9. The number of hydrogen-bond donors (Lipinski definition) is 1. The van der Waals surface area contributed by atoms with E-state index in [1.54, 1.807) is 0 Å². The molecule has 0 saturated carbocycles. The first-order chi connectivity index (χ1) is 7.92. The van der Waals surface area contributed by atoms with Gasteiger partial charge in [0.1, 0.15) is 0 Å².